The maximum Gasteiger partial charge on any atom is 0.153 e. The minimum Gasteiger partial charge on any atom is -0.457 e. The average Bonchev–Trinajstić information content (AvgIpc) is 2.60. The van der Waals surface area contributed by atoms with Crippen LogP contribution in [-0.2, 0) is 0 Å². The number of ether oxygens (including phenoxy) is 1. The van der Waals surface area contributed by atoms with Gasteiger partial charge in [0.15, 0.2) is 6.29 Å². The van der Waals surface area contributed by atoms with Gasteiger partial charge in [0, 0.05) is 5.25 Å². The van der Waals surface area contributed by atoms with Gasteiger partial charge < -0.3 is 4.74 Å². The van der Waals surface area contributed by atoms with E-state index in [-0.39, 0.29) is 0 Å². The molecule has 1 rings (SSSR count). The topological polar surface area (TPSA) is 26.3 Å². The first-order valence-corrected chi connectivity index (χ1v) is 9.12. The van der Waals surface area contributed by atoms with Crippen LogP contribution >= 0.6 is 11.8 Å². The summed E-state index contributed by atoms with van der Waals surface area (Å²) >= 11 is 1.79. The van der Waals surface area contributed by atoms with E-state index < -0.39 is 0 Å². The lowest BCUT2D eigenvalue weighted by Crippen LogP contribution is -1.97. The molecular weight excluding hydrogens is 292 g/mol. The number of thioether (sulfide) groups is 1. The third-order valence-electron chi connectivity index (χ3n) is 2.49. The van der Waals surface area contributed by atoms with Crippen LogP contribution in [0.15, 0.2) is 48.8 Å². The lowest BCUT2D eigenvalue weighted by Gasteiger charge is -2.09. The third-order valence-corrected chi connectivity index (χ3v) is 3.58. The van der Waals surface area contributed by atoms with Crippen molar-refractivity contribution in [1.29, 1.82) is 0 Å². The number of hydrogen-bond donors (Lipinski definition) is 0. The summed E-state index contributed by atoms with van der Waals surface area (Å²) < 4.78 is 5.55. The van der Waals surface area contributed by atoms with E-state index in [1.807, 2.05) is 39.8 Å². The van der Waals surface area contributed by atoms with Crippen LogP contribution in [0.2, 0.25) is 0 Å². The molecule has 0 heterocycles. The molecule has 0 fully saturated rings. The molecule has 0 spiro atoms. The van der Waals surface area contributed by atoms with Crippen LogP contribution in [0.4, 0.5) is 0 Å². The number of allylic oxidation sites excluding steroid dienone is 1. The van der Waals surface area contributed by atoms with Gasteiger partial charge in [0.2, 0.25) is 0 Å². The van der Waals surface area contributed by atoms with E-state index in [1.165, 1.54) is 0 Å². The van der Waals surface area contributed by atoms with Gasteiger partial charge in [-0.1, -0.05) is 59.4 Å². The molecule has 0 aliphatic carbocycles. The standard InChI is InChI=1S/C15H18O2S.2C2H6/c1-4-14(18-3)10-9-12(2)17-15-8-6-5-7-13(15)11-16;2*1-2/h5-11,14H,2,4H2,1,3H3;2*1-2H3/b10-9-;;. The monoisotopic (exact) mass is 322 g/mol. The van der Waals surface area contributed by atoms with Crippen molar-refractivity contribution < 1.29 is 9.53 Å². The summed E-state index contributed by atoms with van der Waals surface area (Å²) in [4.78, 5) is 10.8. The first-order valence-electron chi connectivity index (χ1n) is 7.83. The van der Waals surface area contributed by atoms with Crippen LogP contribution in [0.5, 0.6) is 5.75 Å². The molecule has 0 amide bonds. The number of hydrogen-bond acceptors (Lipinski definition) is 3. The zero-order valence-corrected chi connectivity index (χ0v) is 15.6. The molecule has 3 heteroatoms. The van der Waals surface area contributed by atoms with Crippen LogP contribution in [0.3, 0.4) is 0 Å². The lowest BCUT2D eigenvalue weighted by molar-refractivity contribution is 0.112. The zero-order valence-electron chi connectivity index (χ0n) is 14.8. The Morgan fingerprint density at radius 2 is 1.86 bits per heavy atom. The van der Waals surface area contributed by atoms with Gasteiger partial charge in [0.05, 0.1) is 5.56 Å². The van der Waals surface area contributed by atoms with Crippen molar-refractivity contribution in [2.24, 2.45) is 0 Å². The zero-order chi connectivity index (χ0) is 17.4. The molecule has 1 aromatic rings. The summed E-state index contributed by atoms with van der Waals surface area (Å²) in [5.41, 5.74) is 0.531. The smallest absolute Gasteiger partial charge is 0.153 e. The number of para-hydroxylation sites is 1. The Balaban J connectivity index is 0. The number of benzene rings is 1. The van der Waals surface area contributed by atoms with E-state index >= 15 is 0 Å². The van der Waals surface area contributed by atoms with Gasteiger partial charge in [-0.2, -0.15) is 11.8 Å². The number of carbonyl (C=O) groups excluding carboxylic acids is 1. The van der Waals surface area contributed by atoms with E-state index in [4.69, 9.17) is 4.74 Å². The first-order chi connectivity index (χ1) is 10.7. The third kappa shape index (κ3) is 9.46. The molecule has 22 heavy (non-hydrogen) atoms. The molecule has 0 saturated carbocycles. The van der Waals surface area contributed by atoms with Crippen LogP contribution in [0.25, 0.3) is 0 Å². The van der Waals surface area contributed by atoms with Crippen molar-refractivity contribution in [3.05, 3.63) is 54.3 Å². The Morgan fingerprint density at radius 3 is 2.36 bits per heavy atom. The summed E-state index contributed by atoms with van der Waals surface area (Å²) in [6, 6.07) is 7.11. The first kappa shape index (κ1) is 22.8. The molecule has 0 radical (unpaired) electrons. The predicted molar refractivity (Wildman–Crippen MR) is 101 cm³/mol. The van der Waals surface area contributed by atoms with E-state index in [0.717, 1.165) is 12.7 Å². The van der Waals surface area contributed by atoms with Gasteiger partial charge >= 0.3 is 0 Å². The predicted octanol–water partition coefficient (Wildman–Crippen LogP) is 6.14. The molecule has 0 aliphatic heterocycles. The Kier molecular flexibility index (Phi) is 16.5. The molecule has 1 unspecified atom stereocenters. The lowest BCUT2D eigenvalue weighted by atomic mass is 10.2. The SMILES string of the molecule is C=C(/C=C\C(CC)SC)Oc1ccccc1C=O.CC.CC. The molecule has 2 nitrogen and oxygen atoms in total. The molecule has 0 aliphatic rings. The van der Waals surface area contributed by atoms with Crippen LogP contribution in [0, 0.1) is 0 Å². The van der Waals surface area contributed by atoms with Crippen LogP contribution in [-0.4, -0.2) is 17.8 Å². The van der Waals surface area contributed by atoms with Crippen LogP contribution < -0.4 is 4.74 Å². The number of rotatable bonds is 7. The molecule has 0 aromatic heterocycles. The highest BCUT2D eigenvalue weighted by molar-refractivity contribution is 7.99. The minimum atomic E-state index is 0.465. The van der Waals surface area contributed by atoms with Crippen LogP contribution in [0.1, 0.15) is 51.4 Å². The molecule has 1 atom stereocenters. The molecule has 0 N–H and O–H groups in total. The highest BCUT2D eigenvalue weighted by Gasteiger charge is 2.03. The summed E-state index contributed by atoms with van der Waals surface area (Å²) in [5, 5.41) is 0.465. The van der Waals surface area contributed by atoms with Crippen molar-refractivity contribution in [2.75, 3.05) is 6.26 Å². The normalized spacial score (nSPS) is 10.6. The summed E-state index contributed by atoms with van der Waals surface area (Å²) in [6.45, 7) is 14.0. The number of aldehydes is 1. The summed E-state index contributed by atoms with van der Waals surface area (Å²) in [5.74, 6) is 1.08. The van der Waals surface area contributed by atoms with E-state index in [0.29, 0.717) is 22.3 Å². The molecule has 1 aromatic carbocycles. The highest BCUT2D eigenvalue weighted by atomic mass is 32.2. The number of carbonyl (C=O) groups is 1. The Hall–Kier alpha value is -1.48. The fourth-order valence-corrected chi connectivity index (χ4v) is 2.01. The highest BCUT2D eigenvalue weighted by Crippen LogP contribution is 2.19. The molecule has 0 bridgehead atoms. The Bertz CT molecular complexity index is 435. The van der Waals surface area contributed by atoms with Crippen molar-refractivity contribution >= 4 is 18.0 Å². The van der Waals surface area contributed by atoms with Gasteiger partial charge in [-0.15, -0.1) is 0 Å². The summed E-state index contributed by atoms with van der Waals surface area (Å²) in [7, 11) is 0. The van der Waals surface area contributed by atoms with E-state index in [9.17, 15) is 4.79 Å². The second-order valence-corrected chi connectivity index (χ2v) is 4.84. The van der Waals surface area contributed by atoms with E-state index in [2.05, 4.69) is 25.8 Å². The summed E-state index contributed by atoms with van der Waals surface area (Å²) in [6.07, 6.45) is 7.84. The Labute approximate surface area is 140 Å². The van der Waals surface area contributed by atoms with Gasteiger partial charge in [-0.05, 0) is 30.9 Å². The van der Waals surface area contributed by atoms with Crippen molar-refractivity contribution in [2.45, 2.75) is 46.3 Å². The molecule has 124 valence electrons. The van der Waals surface area contributed by atoms with Gasteiger partial charge in [-0.25, -0.2) is 0 Å². The Morgan fingerprint density at radius 1 is 1.27 bits per heavy atom. The van der Waals surface area contributed by atoms with Gasteiger partial charge in [0.1, 0.15) is 11.5 Å². The maximum absolute atomic E-state index is 10.8. The maximum atomic E-state index is 10.8. The molecule has 0 saturated heterocycles. The van der Waals surface area contributed by atoms with E-state index in [1.54, 1.807) is 30.0 Å². The van der Waals surface area contributed by atoms with Gasteiger partial charge in [0.25, 0.3) is 0 Å². The van der Waals surface area contributed by atoms with Crippen molar-refractivity contribution in [1.82, 2.24) is 0 Å². The fourth-order valence-electron chi connectivity index (χ4n) is 1.44. The van der Waals surface area contributed by atoms with Gasteiger partial charge in [-0.3, -0.25) is 4.79 Å². The van der Waals surface area contributed by atoms with Crippen molar-refractivity contribution in [3.8, 4) is 5.75 Å². The fraction of sp³-hybridized carbons (Fsp3) is 0.421. The van der Waals surface area contributed by atoms with Crippen molar-refractivity contribution in [3.63, 3.8) is 0 Å². The second-order valence-electron chi connectivity index (χ2n) is 3.77. The second kappa shape index (κ2) is 15.9. The quantitative estimate of drug-likeness (QED) is 0.342. The largest absolute Gasteiger partial charge is 0.457 e. The minimum absolute atomic E-state index is 0.465. The average molecular weight is 323 g/mol. The molecular formula is C19H30O2S.